The van der Waals surface area contributed by atoms with Crippen molar-refractivity contribution in [3.63, 3.8) is 0 Å². The van der Waals surface area contributed by atoms with Gasteiger partial charge >= 0.3 is 0 Å². The van der Waals surface area contributed by atoms with E-state index in [1.54, 1.807) is 0 Å². The van der Waals surface area contributed by atoms with Crippen molar-refractivity contribution in [2.75, 3.05) is 41.3 Å². The summed E-state index contributed by atoms with van der Waals surface area (Å²) in [5, 5.41) is 2.79. The van der Waals surface area contributed by atoms with E-state index < -0.39 is 0 Å². The predicted molar refractivity (Wildman–Crippen MR) is 89.4 cm³/mol. The smallest absolute Gasteiger partial charge is 0.221 e. The molecule has 22 heavy (non-hydrogen) atoms. The molecule has 0 radical (unpaired) electrons. The topological polar surface area (TPSA) is 48.5 Å². The Hall–Kier alpha value is -2.56. The monoisotopic (exact) mass is 296 g/mol. The first-order valence-corrected chi connectivity index (χ1v) is 7.51. The first-order chi connectivity index (χ1) is 10.7. The van der Waals surface area contributed by atoms with Crippen LogP contribution in [0.4, 0.5) is 17.2 Å². The number of rotatable bonds is 3. The largest absolute Gasteiger partial charge is 0.368 e. The van der Waals surface area contributed by atoms with Gasteiger partial charge in [0.05, 0.1) is 0 Å². The number of nitrogens with zero attached hydrogens (tertiary/aromatic N) is 3. The third-order valence-corrected chi connectivity index (χ3v) is 3.81. The van der Waals surface area contributed by atoms with Gasteiger partial charge < -0.3 is 15.1 Å². The molecule has 1 saturated heterocycles. The molecule has 0 bridgehead atoms. The number of carbonyl (C=O) groups excluding carboxylic acids is 1. The molecule has 2 heterocycles. The summed E-state index contributed by atoms with van der Waals surface area (Å²) in [4.78, 5) is 20.1. The van der Waals surface area contributed by atoms with Crippen molar-refractivity contribution in [2.24, 2.45) is 0 Å². The Labute approximate surface area is 130 Å². The molecule has 5 nitrogen and oxygen atoms in total. The molecule has 5 heteroatoms. The number of anilines is 3. The molecule has 0 unspecified atom stereocenters. The maximum absolute atomic E-state index is 11.0. The quantitative estimate of drug-likeness (QED) is 0.944. The van der Waals surface area contributed by atoms with Gasteiger partial charge in [-0.05, 0) is 36.4 Å². The van der Waals surface area contributed by atoms with E-state index >= 15 is 0 Å². The summed E-state index contributed by atoms with van der Waals surface area (Å²) >= 11 is 0. The van der Waals surface area contributed by atoms with Crippen LogP contribution in [0.5, 0.6) is 0 Å². The van der Waals surface area contributed by atoms with Crippen LogP contribution >= 0.6 is 0 Å². The molecule has 0 atom stereocenters. The van der Waals surface area contributed by atoms with Crippen LogP contribution < -0.4 is 15.1 Å². The highest BCUT2D eigenvalue weighted by Crippen LogP contribution is 2.21. The van der Waals surface area contributed by atoms with E-state index in [9.17, 15) is 4.79 Å². The summed E-state index contributed by atoms with van der Waals surface area (Å²) in [6.07, 6.45) is 1.84. The number of hydrogen-bond donors (Lipinski definition) is 1. The number of pyridine rings is 1. The van der Waals surface area contributed by atoms with E-state index in [1.807, 2.05) is 30.5 Å². The minimum absolute atomic E-state index is 0.0447. The molecular weight excluding hydrogens is 276 g/mol. The highest BCUT2D eigenvalue weighted by atomic mass is 16.1. The molecule has 1 aromatic carbocycles. The lowest BCUT2D eigenvalue weighted by atomic mass is 10.2. The second-order valence-electron chi connectivity index (χ2n) is 5.39. The Morgan fingerprint density at radius 3 is 2.27 bits per heavy atom. The van der Waals surface area contributed by atoms with Crippen molar-refractivity contribution >= 4 is 23.1 Å². The van der Waals surface area contributed by atoms with E-state index in [0.29, 0.717) is 0 Å². The number of carbonyl (C=O) groups is 1. The summed E-state index contributed by atoms with van der Waals surface area (Å²) in [5.41, 5.74) is 2.03. The van der Waals surface area contributed by atoms with Crippen LogP contribution in [-0.2, 0) is 4.79 Å². The number of amides is 1. The number of aromatic nitrogens is 1. The molecule has 0 aliphatic carbocycles. The Balaban J connectivity index is 1.60. The molecule has 1 aromatic heterocycles. The zero-order valence-corrected chi connectivity index (χ0v) is 12.7. The Bertz CT molecular complexity index is 619. The van der Waals surface area contributed by atoms with Gasteiger partial charge in [-0.3, -0.25) is 4.79 Å². The summed E-state index contributed by atoms with van der Waals surface area (Å²) in [6, 6.07) is 14.0. The van der Waals surface area contributed by atoms with Crippen LogP contribution in [0.25, 0.3) is 0 Å². The highest BCUT2D eigenvalue weighted by molar-refractivity contribution is 5.88. The van der Waals surface area contributed by atoms with E-state index in [1.165, 1.54) is 12.6 Å². The molecule has 1 aliphatic rings. The number of piperazine rings is 1. The molecule has 1 fully saturated rings. The molecule has 0 saturated carbocycles. The van der Waals surface area contributed by atoms with E-state index in [0.717, 1.165) is 37.7 Å². The number of hydrogen-bond acceptors (Lipinski definition) is 4. The molecular formula is C17H20N4O. The molecule has 0 spiro atoms. The van der Waals surface area contributed by atoms with Crippen LogP contribution in [0.3, 0.4) is 0 Å². The number of benzene rings is 1. The SMILES string of the molecule is CC(=O)Nc1ccc(N2CCN(c3ccccn3)CC2)cc1. The molecule has 2 aromatic rings. The van der Waals surface area contributed by atoms with Gasteiger partial charge in [-0.1, -0.05) is 6.07 Å². The van der Waals surface area contributed by atoms with Crippen molar-refractivity contribution in [3.05, 3.63) is 48.7 Å². The van der Waals surface area contributed by atoms with Gasteiger partial charge in [0.1, 0.15) is 5.82 Å². The minimum atomic E-state index is -0.0447. The summed E-state index contributed by atoms with van der Waals surface area (Å²) in [5.74, 6) is 1.000. The van der Waals surface area contributed by atoms with E-state index in [-0.39, 0.29) is 5.91 Å². The lowest BCUT2D eigenvalue weighted by Gasteiger charge is -2.36. The van der Waals surface area contributed by atoms with Crippen molar-refractivity contribution in [1.82, 2.24) is 4.98 Å². The first kappa shape index (κ1) is 14.4. The maximum Gasteiger partial charge on any atom is 0.221 e. The molecule has 1 aliphatic heterocycles. The van der Waals surface area contributed by atoms with Crippen molar-refractivity contribution < 1.29 is 4.79 Å². The van der Waals surface area contributed by atoms with Crippen LogP contribution in [0.1, 0.15) is 6.92 Å². The second-order valence-corrected chi connectivity index (χ2v) is 5.39. The summed E-state index contributed by atoms with van der Waals surface area (Å²) in [6.45, 7) is 5.38. The van der Waals surface area contributed by atoms with Crippen LogP contribution in [0.2, 0.25) is 0 Å². The normalized spacial score (nSPS) is 14.8. The fraction of sp³-hybridized carbons (Fsp3) is 0.294. The van der Waals surface area contributed by atoms with Gasteiger partial charge in [-0.15, -0.1) is 0 Å². The second kappa shape index (κ2) is 6.47. The Kier molecular flexibility index (Phi) is 4.23. The van der Waals surface area contributed by atoms with Gasteiger partial charge in [-0.25, -0.2) is 4.98 Å². The Morgan fingerprint density at radius 2 is 1.68 bits per heavy atom. The van der Waals surface area contributed by atoms with Crippen molar-refractivity contribution in [2.45, 2.75) is 6.92 Å². The summed E-state index contributed by atoms with van der Waals surface area (Å²) in [7, 11) is 0. The zero-order chi connectivity index (χ0) is 15.4. The average molecular weight is 296 g/mol. The molecule has 3 rings (SSSR count). The van der Waals surface area contributed by atoms with Crippen molar-refractivity contribution in [3.8, 4) is 0 Å². The van der Waals surface area contributed by atoms with Gasteiger partial charge in [0, 0.05) is 50.7 Å². The van der Waals surface area contributed by atoms with Gasteiger partial charge in [0.2, 0.25) is 5.91 Å². The maximum atomic E-state index is 11.0. The summed E-state index contributed by atoms with van der Waals surface area (Å²) < 4.78 is 0. The first-order valence-electron chi connectivity index (χ1n) is 7.51. The van der Waals surface area contributed by atoms with Crippen LogP contribution in [0, 0.1) is 0 Å². The predicted octanol–water partition coefficient (Wildman–Crippen LogP) is 2.37. The minimum Gasteiger partial charge on any atom is -0.368 e. The van der Waals surface area contributed by atoms with E-state index in [4.69, 9.17) is 0 Å². The molecule has 114 valence electrons. The third-order valence-electron chi connectivity index (χ3n) is 3.81. The van der Waals surface area contributed by atoms with Gasteiger partial charge in [0.25, 0.3) is 0 Å². The third kappa shape index (κ3) is 3.36. The van der Waals surface area contributed by atoms with Gasteiger partial charge in [0.15, 0.2) is 0 Å². The lowest BCUT2D eigenvalue weighted by molar-refractivity contribution is -0.114. The van der Waals surface area contributed by atoms with Crippen LogP contribution in [-0.4, -0.2) is 37.1 Å². The van der Waals surface area contributed by atoms with E-state index in [2.05, 4.69) is 38.3 Å². The lowest BCUT2D eigenvalue weighted by Crippen LogP contribution is -2.46. The average Bonchev–Trinajstić information content (AvgIpc) is 2.56. The fourth-order valence-corrected chi connectivity index (χ4v) is 2.69. The fourth-order valence-electron chi connectivity index (χ4n) is 2.69. The van der Waals surface area contributed by atoms with Crippen LogP contribution in [0.15, 0.2) is 48.7 Å². The standard InChI is InChI=1S/C17H20N4O/c1-14(22)19-15-5-7-16(8-6-15)20-10-12-21(13-11-20)17-4-2-3-9-18-17/h2-9H,10-13H2,1H3,(H,19,22). The molecule has 1 N–H and O–H groups in total. The Morgan fingerprint density at radius 1 is 1.00 bits per heavy atom. The molecule has 1 amide bonds. The highest BCUT2D eigenvalue weighted by Gasteiger charge is 2.17. The number of nitrogens with one attached hydrogen (secondary N) is 1. The van der Waals surface area contributed by atoms with Crippen molar-refractivity contribution in [1.29, 1.82) is 0 Å². The van der Waals surface area contributed by atoms with Gasteiger partial charge in [-0.2, -0.15) is 0 Å². The zero-order valence-electron chi connectivity index (χ0n) is 12.7.